The van der Waals surface area contributed by atoms with E-state index in [2.05, 4.69) is 10.3 Å². The van der Waals surface area contributed by atoms with Crippen LogP contribution in [0.2, 0.25) is 0 Å². The van der Waals surface area contributed by atoms with E-state index >= 15 is 0 Å². The molecule has 1 aromatic heterocycles. The number of carbonyl (C=O) groups excluding carboxylic acids is 1. The molecule has 0 aliphatic heterocycles. The molecule has 0 fully saturated rings. The minimum absolute atomic E-state index is 0.0746. The molecule has 0 aromatic carbocycles. The highest BCUT2D eigenvalue weighted by Crippen LogP contribution is 2.15. The first kappa shape index (κ1) is 12.6. The second-order valence-electron chi connectivity index (χ2n) is 3.37. The van der Waals surface area contributed by atoms with Gasteiger partial charge in [0.15, 0.2) is 5.69 Å². The van der Waals surface area contributed by atoms with E-state index in [1.165, 1.54) is 11.8 Å². The van der Waals surface area contributed by atoms with Gasteiger partial charge in [-0.25, -0.2) is 4.68 Å². The largest absolute Gasteiger partial charge is 0.394 e. The number of amides is 1. The van der Waals surface area contributed by atoms with Crippen LogP contribution in [0, 0.1) is 0 Å². The monoisotopic (exact) mass is 228 g/mol. The van der Waals surface area contributed by atoms with Gasteiger partial charge < -0.3 is 15.6 Å². The Hall–Kier alpha value is -1.47. The van der Waals surface area contributed by atoms with Crippen LogP contribution in [0.4, 0.5) is 0 Å². The van der Waals surface area contributed by atoms with E-state index < -0.39 is 5.91 Å². The van der Waals surface area contributed by atoms with Crippen LogP contribution in [0.25, 0.3) is 0 Å². The molecule has 3 N–H and O–H groups in total. The van der Waals surface area contributed by atoms with Gasteiger partial charge in [-0.1, -0.05) is 12.1 Å². The van der Waals surface area contributed by atoms with Gasteiger partial charge in [0, 0.05) is 7.11 Å². The average molecular weight is 228 g/mol. The molecule has 0 bridgehead atoms. The number of rotatable bonds is 6. The first-order valence-corrected chi connectivity index (χ1v) is 4.99. The highest BCUT2D eigenvalue weighted by Gasteiger charge is 2.21. The number of aliphatic hydroxyl groups is 1. The quantitative estimate of drug-likeness (QED) is 0.681. The van der Waals surface area contributed by atoms with Crippen molar-refractivity contribution < 1.29 is 14.6 Å². The summed E-state index contributed by atoms with van der Waals surface area (Å²) < 4.78 is 6.46. The van der Waals surface area contributed by atoms with E-state index in [4.69, 9.17) is 10.5 Å². The van der Waals surface area contributed by atoms with Crippen molar-refractivity contribution in [3.05, 3.63) is 11.4 Å². The fourth-order valence-corrected chi connectivity index (χ4v) is 1.45. The third-order valence-corrected chi connectivity index (χ3v) is 2.33. The van der Waals surface area contributed by atoms with Gasteiger partial charge in [0.2, 0.25) is 0 Å². The van der Waals surface area contributed by atoms with Crippen molar-refractivity contribution in [3.8, 4) is 0 Å². The zero-order valence-corrected chi connectivity index (χ0v) is 9.38. The molecular formula is C9H16N4O3. The topological polar surface area (TPSA) is 103 Å². The van der Waals surface area contributed by atoms with Crippen LogP contribution >= 0.6 is 0 Å². The number of primary amides is 1. The molecule has 7 heteroatoms. The van der Waals surface area contributed by atoms with Gasteiger partial charge in [-0.2, -0.15) is 0 Å². The predicted octanol–water partition coefficient (Wildman–Crippen LogP) is -0.533. The van der Waals surface area contributed by atoms with E-state index in [1.807, 2.05) is 6.92 Å². The molecule has 16 heavy (non-hydrogen) atoms. The number of aromatic nitrogens is 3. The molecule has 1 rings (SSSR count). The minimum Gasteiger partial charge on any atom is -0.394 e. The van der Waals surface area contributed by atoms with Gasteiger partial charge >= 0.3 is 0 Å². The van der Waals surface area contributed by atoms with Crippen molar-refractivity contribution in [3.63, 3.8) is 0 Å². The van der Waals surface area contributed by atoms with Gasteiger partial charge in [-0.15, -0.1) is 5.10 Å². The fourth-order valence-electron chi connectivity index (χ4n) is 1.45. The Bertz CT molecular complexity index is 360. The lowest BCUT2D eigenvalue weighted by atomic mass is 10.2. The van der Waals surface area contributed by atoms with Crippen molar-refractivity contribution >= 4 is 5.91 Å². The first-order valence-electron chi connectivity index (χ1n) is 4.99. The SMILES string of the molecule is CCC(CO)n1nnc(C(N)=O)c1COC. The molecule has 1 aromatic rings. The molecule has 0 aliphatic rings. The van der Waals surface area contributed by atoms with E-state index in [9.17, 15) is 9.90 Å². The molecule has 0 spiro atoms. The summed E-state index contributed by atoms with van der Waals surface area (Å²) in [6.45, 7) is 2.01. The van der Waals surface area contributed by atoms with Gasteiger partial charge in [0.25, 0.3) is 5.91 Å². The zero-order valence-electron chi connectivity index (χ0n) is 9.38. The van der Waals surface area contributed by atoms with Gasteiger partial charge in [-0.3, -0.25) is 4.79 Å². The first-order chi connectivity index (χ1) is 7.65. The number of ether oxygens (including phenoxy) is 1. The molecule has 7 nitrogen and oxygen atoms in total. The fraction of sp³-hybridized carbons (Fsp3) is 0.667. The highest BCUT2D eigenvalue weighted by atomic mass is 16.5. The maximum absolute atomic E-state index is 11.1. The number of carbonyl (C=O) groups is 1. The molecular weight excluding hydrogens is 212 g/mol. The minimum atomic E-state index is -0.647. The van der Waals surface area contributed by atoms with E-state index in [-0.39, 0.29) is 24.9 Å². The van der Waals surface area contributed by atoms with E-state index in [1.54, 1.807) is 0 Å². The number of nitrogens with zero attached hydrogens (tertiary/aromatic N) is 3. The summed E-state index contributed by atoms with van der Waals surface area (Å²) in [5.74, 6) is -0.647. The summed E-state index contributed by atoms with van der Waals surface area (Å²) in [6, 6.07) is -0.217. The van der Waals surface area contributed by atoms with Crippen molar-refractivity contribution in [1.82, 2.24) is 15.0 Å². The maximum atomic E-state index is 11.1. The number of hydrogen-bond donors (Lipinski definition) is 2. The average Bonchev–Trinajstić information content (AvgIpc) is 2.65. The lowest BCUT2D eigenvalue weighted by molar-refractivity contribution is 0.0989. The summed E-state index contributed by atoms with van der Waals surface area (Å²) in [5, 5.41) is 16.7. The van der Waals surface area contributed by atoms with Gasteiger partial charge in [0.05, 0.1) is 24.9 Å². The Kier molecular flexibility index (Phi) is 4.39. The van der Waals surface area contributed by atoms with Crippen molar-refractivity contribution in [1.29, 1.82) is 0 Å². The number of hydrogen-bond acceptors (Lipinski definition) is 5. The van der Waals surface area contributed by atoms with E-state index in [0.717, 1.165) is 0 Å². The Morgan fingerprint density at radius 3 is 2.81 bits per heavy atom. The summed E-state index contributed by atoms with van der Waals surface area (Å²) in [6.07, 6.45) is 0.675. The van der Waals surface area contributed by atoms with Crippen LogP contribution < -0.4 is 5.73 Å². The summed E-state index contributed by atoms with van der Waals surface area (Å²) in [7, 11) is 1.50. The van der Waals surface area contributed by atoms with Crippen LogP contribution in [0.5, 0.6) is 0 Å². The van der Waals surface area contributed by atoms with E-state index in [0.29, 0.717) is 12.1 Å². The predicted molar refractivity (Wildman–Crippen MR) is 55.7 cm³/mol. The Morgan fingerprint density at radius 1 is 1.69 bits per heavy atom. The third-order valence-electron chi connectivity index (χ3n) is 2.33. The van der Waals surface area contributed by atoms with Crippen LogP contribution in [0.1, 0.15) is 35.6 Å². The molecule has 90 valence electrons. The van der Waals surface area contributed by atoms with Crippen LogP contribution in [0.15, 0.2) is 0 Å². The zero-order chi connectivity index (χ0) is 12.1. The lowest BCUT2D eigenvalue weighted by Crippen LogP contribution is -2.19. The molecule has 0 aliphatic carbocycles. The van der Waals surface area contributed by atoms with Gasteiger partial charge in [0.1, 0.15) is 0 Å². The third kappa shape index (κ3) is 2.37. The molecule has 1 atom stereocenters. The van der Waals surface area contributed by atoms with Crippen LogP contribution in [0.3, 0.4) is 0 Å². The molecule has 1 amide bonds. The lowest BCUT2D eigenvalue weighted by Gasteiger charge is -2.14. The summed E-state index contributed by atoms with van der Waals surface area (Å²) >= 11 is 0. The second-order valence-corrected chi connectivity index (χ2v) is 3.37. The number of aliphatic hydroxyl groups excluding tert-OH is 1. The number of methoxy groups -OCH3 is 1. The molecule has 1 unspecified atom stereocenters. The van der Waals surface area contributed by atoms with Crippen LogP contribution in [-0.4, -0.2) is 39.7 Å². The normalized spacial score (nSPS) is 12.7. The smallest absolute Gasteiger partial charge is 0.271 e. The molecule has 0 radical (unpaired) electrons. The van der Waals surface area contributed by atoms with Crippen molar-refractivity contribution in [2.24, 2.45) is 5.73 Å². The van der Waals surface area contributed by atoms with Crippen molar-refractivity contribution in [2.75, 3.05) is 13.7 Å². The molecule has 1 heterocycles. The maximum Gasteiger partial charge on any atom is 0.271 e. The summed E-state index contributed by atoms with van der Waals surface area (Å²) in [4.78, 5) is 11.1. The van der Waals surface area contributed by atoms with Crippen LogP contribution in [-0.2, 0) is 11.3 Å². The van der Waals surface area contributed by atoms with Gasteiger partial charge in [-0.05, 0) is 6.42 Å². The molecule has 0 saturated carbocycles. The van der Waals surface area contributed by atoms with Crippen molar-refractivity contribution in [2.45, 2.75) is 26.0 Å². The highest BCUT2D eigenvalue weighted by molar-refractivity contribution is 5.91. The molecule has 0 saturated heterocycles. The number of nitrogens with two attached hydrogens (primary N) is 1. The Balaban J connectivity index is 3.13. The summed E-state index contributed by atoms with van der Waals surface area (Å²) in [5.41, 5.74) is 5.76. The standard InChI is InChI=1S/C9H16N4O3/c1-3-6(4-14)13-7(5-16-2)8(9(10)15)11-12-13/h6,14H,3-5H2,1-2H3,(H2,10,15). The Labute approximate surface area is 93.2 Å². The second kappa shape index (κ2) is 5.57. The Morgan fingerprint density at radius 2 is 2.38 bits per heavy atom.